The highest BCUT2D eigenvalue weighted by atomic mass is 127. The maximum atomic E-state index is 6.38. The molecule has 0 spiro atoms. The van der Waals surface area contributed by atoms with Crippen LogP contribution in [0.1, 0.15) is 28.3 Å². The molecule has 2 aliphatic heterocycles. The number of H-pyrrole nitrogens is 2. The van der Waals surface area contributed by atoms with Crippen molar-refractivity contribution in [2.45, 2.75) is 6.92 Å². The van der Waals surface area contributed by atoms with Crippen LogP contribution in [0.15, 0.2) is 127 Å². The molecular formula is C45H30ClIN4. The number of fused-ring (bicyclic) bond motifs is 8. The minimum absolute atomic E-state index is 0.687. The Morgan fingerprint density at radius 2 is 0.824 bits per heavy atom. The van der Waals surface area contributed by atoms with E-state index in [1.807, 2.05) is 18.2 Å². The van der Waals surface area contributed by atoms with E-state index in [-0.39, 0.29) is 0 Å². The van der Waals surface area contributed by atoms with Gasteiger partial charge in [-0.2, -0.15) is 0 Å². The summed E-state index contributed by atoms with van der Waals surface area (Å²) in [5.74, 6) is 0. The first-order valence-corrected chi connectivity index (χ1v) is 18.2. The molecule has 0 amide bonds. The Morgan fingerprint density at radius 1 is 0.431 bits per heavy atom. The van der Waals surface area contributed by atoms with Crippen molar-refractivity contribution in [3.63, 3.8) is 0 Å². The second-order valence-electron chi connectivity index (χ2n) is 12.7. The zero-order valence-corrected chi connectivity index (χ0v) is 30.5. The quantitative estimate of drug-likeness (QED) is 0.175. The van der Waals surface area contributed by atoms with Gasteiger partial charge in [-0.1, -0.05) is 96.0 Å². The summed E-state index contributed by atoms with van der Waals surface area (Å²) >= 11 is 8.73. The molecule has 7 aromatic rings. The molecule has 51 heavy (non-hydrogen) atoms. The van der Waals surface area contributed by atoms with Crippen molar-refractivity contribution in [2.24, 2.45) is 0 Å². The largest absolute Gasteiger partial charge is 0.354 e. The fraction of sp³-hybridized carbons (Fsp3) is 0.0222. The molecule has 0 atom stereocenters. The standard InChI is InChI=1S/C45H30ClIN4/c1-27-7-9-29(10-8-27)43-36-21-19-34(48-36)42(28-5-3-2-4-6-28)35-20-22-38(49-35)44(30-11-15-32(46)16-12-30)39-24-26-41(51-39)45(40-25-23-37(43)50-40)31-13-17-33(47)18-14-31/h2-26,48-49H,1H3. The van der Waals surface area contributed by atoms with Gasteiger partial charge in [-0.3, -0.25) is 0 Å². The summed E-state index contributed by atoms with van der Waals surface area (Å²) in [5, 5.41) is 0.687. The van der Waals surface area contributed by atoms with Crippen LogP contribution in [0.25, 0.3) is 90.9 Å². The summed E-state index contributed by atoms with van der Waals surface area (Å²) in [4.78, 5) is 18.4. The molecule has 0 saturated carbocycles. The first-order chi connectivity index (χ1) is 25.0. The number of nitrogens with one attached hydrogen (secondary N) is 2. The predicted molar refractivity (Wildman–Crippen MR) is 223 cm³/mol. The van der Waals surface area contributed by atoms with Crippen LogP contribution >= 0.6 is 34.2 Å². The average Bonchev–Trinajstić information content (AvgIpc) is 3.99. The Morgan fingerprint density at radius 3 is 1.33 bits per heavy atom. The van der Waals surface area contributed by atoms with Crippen molar-refractivity contribution in [3.05, 3.63) is 164 Å². The highest BCUT2D eigenvalue weighted by Crippen LogP contribution is 2.38. The molecule has 244 valence electrons. The smallest absolute Gasteiger partial charge is 0.0738 e. The van der Waals surface area contributed by atoms with E-state index in [0.29, 0.717) is 5.02 Å². The van der Waals surface area contributed by atoms with Gasteiger partial charge in [0.25, 0.3) is 0 Å². The molecule has 0 radical (unpaired) electrons. The van der Waals surface area contributed by atoms with Crippen molar-refractivity contribution in [1.29, 1.82) is 0 Å². The van der Waals surface area contributed by atoms with Crippen LogP contribution < -0.4 is 0 Å². The van der Waals surface area contributed by atoms with Gasteiger partial charge in [0.1, 0.15) is 0 Å². The lowest BCUT2D eigenvalue weighted by atomic mass is 10.0. The lowest BCUT2D eigenvalue weighted by Crippen LogP contribution is -1.91. The fourth-order valence-electron chi connectivity index (χ4n) is 6.98. The van der Waals surface area contributed by atoms with Crippen LogP contribution in [0.3, 0.4) is 0 Å². The van der Waals surface area contributed by atoms with Crippen molar-refractivity contribution in [2.75, 3.05) is 0 Å². The van der Waals surface area contributed by atoms with Crippen LogP contribution in [0, 0.1) is 10.5 Å². The first-order valence-electron chi connectivity index (χ1n) is 16.8. The fourth-order valence-corrected chi connectivity index (χ4v) is 7.46. The summed E-state index contributed by atoms with van der Waals surface area (Å²) in [6, 6.07) is 44.4. The van der Waals surface area contributed by atoms with Crippen molar-refractivity contribution in [1.82, 2.24) is 19.9 Å². The van der Waals surface area contributed by atoms with E-state index in [1.54, 1.807) is 0 Å². The summed E-state index contributed by atoms with van der Waals surface area (Å²) in [6.07, 6.45) is 8.47. The number of benzene rings is 4. The molecule has 5 heterocycles. The van der Waals surface area contributed by atoms with Gasteiger partial charge in [-0.15, -0.1) is 0 Å². The third-order valence-electron chi connectivity index (χ3n) is 9.42. The number of halogens is 2. The summed E-state index contributed by atoms with van der Waals surface area (Å²) in [6.45, 7) is 2.12. The van der Waals surface area contributed by atoms with Crippen molar-refractivity contribution in [3.8, 4) is 44.5 Å². The van der Waals surface area contributed by atoms with Gasteiger partial charge in [0.05, 0.1) is 22.8 Å². The summed E-state index contributed by atoms with van der Waals surface area (Å²) in [7, 11) is 0. The molecular weight excluding hydrogens is 759 g/mol. The molecule has 9 rings (SSSR count). The average molecular weight is 789 g/mol. The third kappa shape index (κ3) is 5.92. The Hall–Kier alpha value is -5.50. The molecule has 4 aromatic carbocycles. The monoisotopic (exact) mass is 788 g/mol. The molecule has 8 bridgehead atoms. The predicted octanol–water partition coefficient (Wildman–Crippen LogP) is 12.9. The topological polar surface area (TPSA) is 57.4 Å². The van der Waals surface area contributed by atoms with Crippen molar-refractivity contribution >= 4 is 80.6 Å². The molecule has 0 fully saturated rings. The zero-order valence-electron chi connectivity index (χ0n) is 27.6. The van der Waals surface area contributed by atoms with E-state index < -0.39 is 0 Å². The van der Waals surface area contributed by atoms with Crippen LogP contribution in [0.5, 0.6) is 0 Å². The van der Waals surface area contributed by atoms with E-state index in [2.05, 4.69) is 173 Å². The second-order valence-corrected chi connectivity index (χ2v) is 14.4. The lowest BCUT2D eigenvalue weighted by molar-refractivity contribution is 1.27. The highest BCUT2D eigenvalue weighted by molar-refractivity contribution is 14.1. The van der Waals surface area contributed by atoms with Gasteiger partial charge in [-0.25, -0.2) is 9.97 Å². The number of aromatic amines is 2. The molecule has 2 aliphatic rings. The number of aryl methyl sites for hydroxylation is 1. The van der Waals surface area contributed by atoms with E-state index in [4.69, 9.17) is 21.6 Å². The van der Waals surface area contributed by atoms with Gasteiger partial charge in [0.15, 0.2) is 0 Å². The Kier molecular flexibility index (Phi) is 8.02. The molecule has 0 unspecified atom stereocenters. The van der Waals surface area contributed by atoms with Gasteiger partial charge < -0.3 is 9.97 Å². The molecule has 4 nitrogen and oxygen atoms in total. The van der Waals surface area contributed by atoms with E-state index in [0.717, 1.165) is 89.4 Å². The first kappa shape index (κ1) is 31.5. The van der Waals surface area contributed by atoms with Crippen LogP contribution in [0.2, 0.25) is 5.02 Å². The van der Waals surface area contributed by atoms with Crippen LogP contribution in [0.4, 0.5) is 0 Å². The summed E-state index contributed by atoms with van der Waals surface area (Å²) in [5.41, 5.74) is 17.0. The minimum Gasteiger partial charge on any atom is -0.354 e. The van der Waals surface area contributed by atoms with Gasteiger partial charge in [0.2, 0.25) is 0 Å². The van der Waals surface area contributed by atoms with E-state index >= 15 is 0 Å². The van der Waals surface area contributed by atoms with Crippen LogP contribution in [-0.4, -0.2) is 19.9 Å². The number of hydrogen-bond acceptors (Lipinski definition) is 2. The third-order valence-corrected chi connectivity index (χ3v) is 10.4. The minimum atomic E-state index is 0.687. The second kappa shape index (κ2) is 13.0. The Balaban J connectivity index is 1.47. The normalized spacial score (nSPS) is 12.1. The zero-order chi connectivity index (χ0) is 34.5. The van der Waals surface area contributed by atoms with Crippen molar-refractivity contribution < 1.29 is 0 Å². The molecule has 0 saturated heterocycles. The number of rotatable bonds is 4. The number of nitrogens with zero attached hydrogens (tertiary/aromatic N) is 2. The van der Waals surface area contributed by atoms with E-state index in [9.17, 15) is 0 Å². The summed E-state index contributed by atoms with van der Waals surface area (Å²) < 4.78 is 1.17. The van der Waals surface area contributed by atoms with Crippen LogP contribution in [-0.2, 0) is 0 Å². The molecule has 6 heteroatoms. The molecule has 0 aliphatic carbocycles. The number of aromatic nitrogens is 4. The Bertz CT molecular complexity index is 2540. The Labute approximate surface area is 314 Å². The highest BCUT2D eigenvalue weighted by Gasteiger charge is 2.19. The van der Waals surface area contributed by atoms with E-state index in [1.165, 1.54) is 9.13 Å². The molecule has 2 N–H and O–H groups in total. The maximum absolute atomic E-state index is 6.38. The van der Waals surface area contributed by atoms with Gasteiger partial charge in [-0.05, 0) is 125 Å². The van der Waals surface area contributed by atoms with Gasteiger partial charge in [0, 0.05) is 52.9 Å². The maximum Gasteiger partial charge on any atom is 0.0738 e. The number of hydrogen-bond donors (Lipinski definition) is 2. The SMILES string of the molecule is Cc1ccc(-c2c3nc(c(-c4ccc(I)cc4)c4nc(c(-c5ccc(Cl)cc5)c5ccc([nH]5)c(-c5ccccc5)c5ccc2[nH]5)C=C4)C=C3)cc1. The molecule has 3 aromatic heterocycles. The van der Waals surface area contributed by atoms with Gasteiger partial charge >= 0.3 is 0 Å². The lowest BCUT2D eigenvalue weighted by Gasteiger charge is -2.07.